The van der Waals surface area contributed by atoms with Gasteiger partial charge < -0.3 is 10.2 Å². The molecule has 88 valence electrons. The molecule has 5 heteroatoms. The molecule has 1 aromatic rings. The van der Waals surface area contributed by atoms with Gasteiger partial charge in [0.15, 0.2) is 11.6 Å². The van der Waals surface area contributed by atoms with Crippen molar-refractivity contribution in [3.05, 3.63) is 29.1 Å². The maximum absolute atomic E-state index is 13.6. The fraction of sp³-hybridized carbons (Fsp3) is 0.455. The highest BCUT2D eigenvalue weighted by Gasteiger charge is 2.21. The summed E-state index contributed by atoms with van der Waals surface area (Å²) in [5.74, 6) is -2.75. The number of nitrogens with zero attached hydrogens (tertiary/aromatic N) is 1. The molecule has 0 aromatic heterocycles. The standard InChI is InChI=1S/C11H13F3N2/c1-7-8(12)6-9(11(14)10(7)13)16-4-2-15-3-5-16/h6,15H,2-5H2,1H3. The largest absolute Gasteiger partial charge is 0.366 e. The number of halogens is 3. The highest BCUT2D eigenvalue weighted by molar-refractivity contribution is 5.50. The maximum Gasteiger partial charge on any atom is 0.182 e. The molecular weight excluding hydrogens is 217 g/mol. The Hall–Kier alpha value is -1.23. The van der Waals surface area contributed by atoms with Gasteiger partial charge in [0.2, 0.25) is 0 Å². The first-order chi connectivity index (χ1) is 7.61. The smallest absolute Gasteiger partial charge is 0.182 e. The Morgan fingerprint density at radius 1 is 1.12 bits per heavy atom. The van der Waals surface area contributed by atoms with Crippen molar-refractivity contribution >= 4 is 5.69 Å². The highest BCUT2D eigenvalue weighted by Crippen LogP contribution is 2.26. The lowest BCUT2D eigenvalue weighted by molar-refractivity contribution is 0.479. The third kappa shape index (κ3) is 1.87. The van der Waals surface area contributed by atoms with Gasteiger partial charge in [-0.2, -0.15) is 0 Å². The van der Waals surface area contributed by atoms with Crippen LogP contribution >= 0.6 is 0 Å². The lowest BCUT2D eigenvalue weighted by atomic mass is 10.1. The van der Waals surface area contributed by atoms with Crippen molar-refractivity contribution in [2.45, 2.75) is 6.92 Å². The van der Waals surface area contributed by atoms with Gasteiger partial charge in [-0.05, 0) is 6.92 Å². The quantitative estimate of drug-likeness (QED) is 0.740. The zero-order valence-corrected chi connectivity index (χ0v) is 8.99. The van der Waals surface area contributed by atoms with E-state index in [1.165, 1.54) is 6.92 Å². The Morgan fingerprint density at radius 3 is 2.38 bits per heavy atom. The molecule has 1 saturated heterocycles. The van der Waals surface area contributed by atoms with Crippen molar-refractivity contribution in [3.63, 3.8) is 0 Å². The monoisotopic (exact) mass is 230 g/mol. The second kappa shape index (κ2) is 4.33. The molecule has 1 fully saturated rings. The summed E-state index contributed by atoms with van der Waals surface area (Å²) in [6, 6.07) is 1.07. The molecule has 1 heterocycles. The first kappa shape index (κ1) is 11.3. The molecule has 1 aromatic carbocycles. The summed E-state index contributed by atoms with van der Waals surface area (Å²) >= 11 is 0. The lowest BCUT2D eigenvalue weighted by Gasteiger charge is -2.30. The van der Waals surface area contributed by atoms with Crippen LogP contribution in [0, 0.1) is 24.4 Å². The minimum atomic E-state index is -1.09. The SMILES string of the molecule is Cc1c(F)cc(N2CCNCC2)c(F)c1F. The van der Waals surface area contributed by atoms with E-state index in [4.69, 9.17) is 0 Å². The summed E-state index contributed by atoms with van der Waals surface area (Å²) in [6.07, 6.45) is 0. The van der Waals surface area contributed by atoms with Gasteiger partial charge in [-0.1, -0.05) is 0 Å². The summed E-state index contributed by atoms with van der Waals surface area (Å²) in [4.78, 5) is 1.65. The van der Waals surface area contributed by atoms with E-state index >= 15 is 0 Å². The number of rotatable bonds is 1. The first-order valence-electron chi connectivity index (χ1n) is 5.21. The van der Waals surface area contributed by atoms with Gasteiger partial charge in [-0.15, -0.1) is 0 Å². The Labute approximate surface area is 92.1 Å². The van der Waals surface area contributed by atoms with Crippen LogP contribution in [-0.4, -0.2) is 26.2 Å². The molecule has 0 spiro atoms. The van der Waals surface area contributed by atoms with E-state index in [9.17, 15) is 13.2 Å². The van der Waals surface area contributed by atoms with Crippen LogP contribution in [0.1, 0.15) is 5.56 Å². The van der Waals surface area contributed by atoms with Crippen LogP contribution in [0.25, 0.3) is 0 Å². The second-order valence-electron chi connectivity index (χ2n) is 3.87. The molecule has 0 bridgehead atoms. The van der Waals surface area contributed by atoms with Gasteiger partial charge >= 0.3 is 0 Å². The van der Waals surface area contributed by atoms with Crippen LogP contribution in [0.2, 0.25) is 0 Å². The predicted molar refractivity (Wildman–Crippen MR) is 56.1 cm³/mol. The predicted octanol–water partition coefficient (Wildman–Crippen LogP) is 1.82. The van der Waals surface area contributed by atoms with Crippen LogP contribution in [0.3, 0.4) is 0 Å². The minimum Gasteiger partial charge on any atom is -0.366 e. The third-order valence-corrected chi connectivity index (χ3v) is 2.83. The third-order valence-electron chi connectivity index (χ3n) is 2.83. The highest BCUT2D eigenvalue weighted by atomic mass is 19.2. The van der Waals surface area contributed by atoms with E-state index in [0.717, 1.165) is 6.07 Å². The van der Waals surface area contributed by atoms with E-state index in [2.05, 4.69) is 5.32 Å². The fourth-order valence-corrected chi connectivity index (χ4v) is 1.81. The van der Waals surface area contributed by atoms with E-state index in [-0.39, 0.29) is 11.3 Å². The Morgan fingerprint density at radius 2 is 1.75 bits per heavy atom. The molecule has 0 atom stereocenters. The van der Waals surface area contributed by atoms with Crippen molar-refractivity contribution in [3.8, 4) is 0 Å². The van der Waals surface area contributed by atoms with Crippen molar-refractivity contribution in [2.24, 2.45) is 0 Å². The van der Waals surface area contributed by atoms with Gasteiger partial charge in [0.1, 0.15) is 5.82 Å². The van der Waals surface area contributed by atoms with E-state index in [0.29, 0.717) is 26.2 Å². The number of hydrogen-bond donors (Lipinski definition) is 1. The Balaban J connectivity index is 2.40. The van der Waals surface area contributed by atoms with E-state index in [1.54, 1.807) is 4.90 Å². The number of piperazine rings is 1. The normalized spacial score (nSPS) is 16.6. The number of anilines is 1. The average molecular weight is 230 g/mol. The van der Waals surface area contributed by atoms with Crippen molar-refractivity contribution < 1.29 is 13.2 Å². The first-order valence-corrected chi connectivity index (χ1v) is 5.21. The number of hydrogen-bond acceptors (Lipinski definition) is 2. The number of nitrogens with one attached hydrogen (secondary N) is 1. The zero-order valence-electron chi connectivity index (χ0n) is 8.99. The van der Waals surface area contributed by atoms with Crippen molar-refractivity contribution in [1.82, 2.24) is 5.32 Å². The van der Waals surface area contributed by atoms with Crippen molar-refractivity contribution in [1.29, 1.82) is 0 Å². The summed E-state index contributed by atoms with van der Waals surface area (Å²) in [6.45, 7) is 3.72. The lowest BCUT2D eigenvalue weighted by Crippen LogP contribution is -2.44. The minimum absolute atomic E-state index is 0.0158. The van der Waals surface area contributed by atoms with Gasteiger partial charge in [0.05, 0.1) is 5.69 Å². The molecule has 0 radical (unpaired) electrons. The molecule has 1 N–H and O–H groups in total. The molecule has 0 aliphatic carbocycles. The summed E-state index contributed by atoms with van der Waals surface area (Å²) in [5, 5.41) is 3.09. The van der Waals surface area contributed by atoms with Gasteiger partial charge in [-0.25, -0.2) is 13.2 Å². The van der Waals surface area contributed by atoms with Crippen LogP contribution in [0.5, 0.6) is 0 Å². The van der Waals surface area contributed by atoms with Crippen LogP contribution in [-0.2, 0) is 0 Å². The summed E-state index contributed by atoms with van der Waals surface area (Å²) in [7, 11) is 0. The van der Waals surface area contributed by atoms with Gasteiger partial charge in [0.25, 0.3) is 0 Å². The Bertz CT molecular complexity index is 401. The zero-order chi connectivity index (χ0) is 11.7. The van der Waals surface area contributed by atoms with Gasteiger partial charge in [-0.3, -0.25) is 0 Å². The summed E-state index contributed by atoms with van der Waals surface area (Å²) < 4.78 is 40.3. The fourth-order valence-electron chi connectivity index (χ4n) is 1.81. The van der Waals surface area contributed by atoms with E-state index in [1.807, 2.05) is 0 Å². The molecule has 1 aliphatic heterocycles. The maximum atomic E-state index is 13.6. The molecule has 2 rings (SSSR count). The van der Waals surface area contributed by atoms with Crippen molar-refractivity contribution in [2.75, 3.05) is 31.1 Å². The van der Waals surface area contributed by atoms with Crippen LogP contribution in [0.15, 0.2) is 6.07 Å². The molecule has 16 heavy (non-hydrogen) atoms. The van der Waals surface area contributed by atoms with Crippen LogP contribution in [0.4, 0.5) is 18.9 Å². The summed E-state index contributed by atoms with van der Waals surface area (Å²) in [5.41, 5.74) is -0.251. The molecule has 2 nitrogen and oxygen atoms in total. The molecule has 0 saturated carbocycles. The van der Waals surface area contributed by atoms with Crippen LogP contribution < -0.4 is 10.2 Å². The average Bonchev–Trinajstić information content (AvgIpc) is 2.32. The molecule has 0 unspecified atom stereocenters. The molecular formula is C11H13F3N2. The molecule has 1 aliphatic rings. The topological polar surface area (TPSA) is 15.3 Å². The van der Waals surface area contributed by atoms with E-state index < -0.39 is 17.5 Å². The molecule has 0 amide bonds. The second-order valence-corrected chi connectivity index (χ2v) is 3.87. The Kier molecular flexibility index (Phi) is 3.05. The van der Waals surface area contributed by atoms with Gasteiger partial charge in [0, 0.05) is 37.8 Å². The number of benzene rings is 1.